The number of esters is 2. The average Bonchev–Trinajstić information content (AvgIpc) is 3.10. The van der Waals surface area contributed by atoms with E-state index in [2.05, 4.69) is 21.7 Å². The summed E-state index contributed by atoms with van der Waals surface area (Å²) in [7, 11) is 2.17. The maximum Gasteiger partial charge on any atom is 0.310 e. The highest BCUT2D eigenvalue weighted by molar-refractivity contribution is 6.30. The van der Waals surface area contributed by atoms with Crippen LogP contribution >= 0.6 is 11.6 Å². The molecule has 0 bridgehead atoms. The summed E-state index contributed by atoms with van der Waals surface area (Å²) in [5.41, 5.74) is 1.13. The Morgan fingerprint density at radius 1 is 0.723 bits per heavy atom. The van der Waals surface area contributed by atoms with E-state index < -0.39 is 0 Å². The minimum absolute atomic E-state index is 0.0187. The maximum atomic E-state index is 12.9. The molecular formula is C37H59ClN4O5. The Labute approximate surface area is 288 Å². The lowest BCUT2D eigenvalue weighted by atomic mass is 9.83. The van der Waals surface area contributed by atoms with Crippen molar-refractivity contribution in [3.63, 3.8) is 0 Å². The van der Waals surface area contributed by atoms with Crippen LogP contribution in [-0.4, -0.2) is 122 Å². The largest absolute Gasteiger partial charge is 0.466 e. The third-order valence-corrected chi connectivity index (χ3v) is 10.9. The molecule has 0 radical (unpaired) electrons. The summed E-state index contributed by atoms with van der Waals surface area (Å²) in [6.45, 7) is 14.3. The first kappa shape index (κ1) is 37.6. The summed E-state index contributed by atoms with van der Waals surface area (Å²) >= 11 is 5.95. The van der Waals surface area contributed by atoms with E-state index in [9.17, 15) is 14.4 Å². The van der Waals surface area contributed by atoms with E-state index in [1.54, 1.807) is 0 Å². The van der Waals surface area contributed by atoms with Crippen molar-refractivity contribution >= 4 is 29.4 Å². The van der Waals surface area contributed by atoms with Crippen molar-refractivity contribution in [3.05, 3.63) is 34.9 Å². The molecule has 47 heavy (non-hydrogen) atoms. The number of carbonyl (C=O) groups excluding carboxylic acids is 3. The quantitative estimate of drug-likeness (QED) is 0.333. The molecule has 1 aromatic carbocycles. The Hall–Kier alpha value is -2.20. The highest BCUT2D eigenvalue weighted by Crippen LogP contribution is 2.31. The Kier molecular flexibility index (Phi) is 15.3. The number of hydrogen-bond donors (Lipinski definition) is 0. The lowest BCUT2D eigenvalue weighted by Gasteiger charge is -2.43. The van der Waals surface area contributed by atoms with Crippen molar-refractivity contribution in [3.8, 4) is 0 Å². The standard InChI is InChI=1S/C23H33ClN2O3.C14H26N2O2/c1-3-29-23(28)20-6-4-5-7-21(20)25-12-14-26(15-13-25)22(27)17(2)16-18-8-10-19(24)11-9-18;1-3-18-14(17)12-6-4-5-7-13(12)16-10-8-15(2)9-11-16/h8-11,17,20-21H,3-7,12-16H2,1-2H3;12-13H,3-11H2,1-2H3/t17?,20-,21-;12-,13-/m11/s1. The fourth-order valence-electron chi connectivity index (χ4n) is 7.95. The Bertz CT molecular complexity index is 1120. The lowest BCUT2D eigenvalue weighted by molar-refractivity contribution is -0.153. The van der Waals surface area contributed by atoms with Crippen LogP contribution < -0.4 is 0 Å². The van der Waals surface area contributed by atoms with E-state index in [0.717, 1.165) is 103 Å². The van der Waals surface area contributed by atoms with E-state index >= 15 is 0 Å². The first-order valence-electron chi connectivity index (χ1n) is 18.2. The molecule has 1 aromatic rings. The van der Waals surface area contributed by atoms with Crippen molar-refractivity contribution in [2.24, 2.45) is 17.8 Å². The van der Waals surface area contributed by atoms with Crippen molar-refractivity contribution < 1.29 is 23.9 Å². The predicted molar refractivity (Wildman–Crippen MR) is 186 cm³/mol. The van der Waals surface area contributed by atoms with Crippen LogP contribution in [0.15, 0.2) is 24.3 Å². The van der Waals surface area contributed by atoms with Gasteiger partial charge in [0.15, 0.2) is 0 Å². The van der Waals surface area contributed by atoms with Gasteiger partial charge in [-0.3, -0.25) is 24.2 Å². The summed E-state index contributed by atoms with van der Waals surface area (Å²) in [4.78, 5) is 46.6. The molecule has 0 spiro atoms. The van der Waals surface area contributed by atoms with E-state index in [1.807, 2.05) is 49.9 Å². The lowest BCUT2D eigenvalue weighted by Crippen LogP contribution is -2.56. The van der Waals surface area contributed by atoms with Crippen molar-refractivity contribution in [1.82, 2.24) is 19.6 Å². The molecule has 2 aliphatic heterocycles. The number of amides is 1. The van der Waals surface area contributed by atoms with Crippen molar-refractivity contribution in [2.45, 2.75) is 90.6 Å². The molecule has 1 amide bonds. The fourth-order valence-corrected chi connectivity index (χ4v) is 8.07. The zero-order valence-electron chi connectivity index (χ0n) is 29.3. The van der Waals surface area contributed by atoms with Gasteiger partial charge in [0, 0.05) is 75.4 Å². The van der Waals surface area contributed by atoms with Gasteiger partial charge in [0.25, 0.3) is 0 Å². The molecule has 5 rings (SSSR count). The van der Waals surface area contributed by atoms with E-state index in [0.29, 0.717) is 24.3 Å². The Balaban J connectivity index is 0.000000238. The number of halogens is 1. The Morgan fingerprint density at radius 3 is 1.64 bits per heavy atom. The van der Waals surface area contributed by atoms with Crippen LogP contribution in [0.25, 0.3) is 0 Å². The highest BCUT2D eigenvalue weighted by Gasteiger charge is 2.38. The number of hydrogen-bond acceptors (Lipinski definition) is 8. The summed E-state index contributed by atoms with van der Waals surface area (Å²) in [5.74, 6) is 0.236. The molecule has 2 saturated heterocycles. The maximum absolute atomic E-state index is 12.9. The van der Waals surface area contributed by atoms with Crippen LogP contribution in [0.1, 0.15) is 77.7 Å². The van der Waals surface area contributed by atoms with E-state index in [-0.39, 0.29) is 41.6 Å². The number of carbonyl (C=O) groups is 3. The highest BCUT2D eigenvalue weighted by atomic mass is 35.5. The van der Waals surface area contributed by atoms with Crippen LogP contribution in [0.4, 0.5) is 0 Å². The van der Waals surface area contributed by atoms with Gasteiger partial charge in [0.05, 0.1) is 25.0 Å². The first-order valence-corrected chi connectivity index (χ1v) is 18.6. The van der Waals surface area contributed by atoms with Gasteiger partial charge in [0.2, 0.25) is 5.91 Å². The predicted octanol–water partition coefficient (Wildman–Crippen LogP) is 5.14. The third-order valence-electron chi connectivity index (χ3n) is 10.6. The zero-order valence-corrected chi connectivity index (χ0v) is 30.1. The van der Waals surface area contributed by atoms with Gasteiger partial charge in [-0.05, 0) is 70.7 Å². The zero-order chi connectivity index (χ0) is 33.8. The molecule has 4 fully saturated rings. The van der Waals surface area contributed by atoms with Crippen LogP contribution in [0.3, 0.4) is 0 Å². The van der Waals surface area contributed by atoms with Crippen molar-refractivity contribution in [2.75, 3.05) is 72.6 Å². The molecule has 5 atom stereocenters. The van der Waals surface area contributed by atoms with Crippen LogP contribution in [0.5, 0.6) is 0 Å². The molecule has 0 N–H and O–H groups in total. The number of ether oxygens (including phenoxy) is 2. The van der Waals surface area contributed by atoms with Crippen LogP contribution in [-0.2, 0) is 30.3 Å². The number of rotatable bonds is 9. The minimum Gasteiger partial charge on any atom is -0.466 e. The molecule has 2 heterocycles. The molecule has 264 valence electrons. The minimum atomic E-state index is -0.0512. The molecule has 1 unspecified atom stereocenters. The second kappa shape index (κ2) is 19.1. The SMILES string of the molecule is CCOC(=O)[C@@H]1CCCC[C@H]1N1CCN(C(=O)C(C)Cc2ccc(Cl)cc2)CC1.CCOC(=O)[C@@H]1CCCC[C@H]1N1CCN(C)CC1. The summed E-state index contributed by atoms with van der Waals surface area (Å²) in [5, 5.41) is 0.715. The molecule has 0 aromatic heterocycles. The Morgan fingerprint density at radius 2 is 1.17 bits per heavy atom. The molecular weight excluding hydrogens is 616 g/mol. The number of benzene rings is 1. The van der Waals surface area contributed by atoms with Gasteiger partial charge in [-0.15, -0.1) is 0 Å². The monoisotopic (exact) mass is 674 g/mol. The van der Waals surface area contributed by atoms with Gasteiger partial charge in [-0.2, -0.15) is 0 Å². The topological polar surface area (TPSA) is 82.6 Å². The van der Waals surface area contributed by atoms with Crippen LogP contribution in [0, 0.1) is 17.8 Å². The molecule has 2 saturated carbocycles. The molecule has 4 aliphatic rings. The fraction of sp³-hybridized carbons (Fsp3) is 0.757. The summed E-state index contributed by atoms with van der Waals surface area (Å²) < 4.78 is 10.6. The summed E-state index contributed by atoms with van der Waals surface area (Å²) in [6.07, 6.45) is 9.55. The number of nitrogens with zero attached hydrogens (tertiary/aromatic N) is 4. The molecule has 2 aliphatic carbocycles. The van der Waals surface area contributed by atoms with Crippen LogP contribution in [0.2, 0.25) is 5.02 Å². The smallest absolute Gasteiger partial charge is 0.310 e. The normalized spacial score (nSPS) is 26.9. The van der Waals surface area contributed by atoms with Gasteiger partial charge in [-0.25, -0.2) is 0 Å². The average molecular weight is 675 g/mol. The first-order chi connectivity index (χ1) is 22.7. The second-order valence-corrected chi connectivity index (χ2v) is 14.3. The van der Waals surface area contributed by atoms with Gasteiger partial charge < -0.3 is 19.3 Å². The third kappa shape index (κ3) is 10.9. The van der Waals surface area contributed by atoms with E-state index in [1.165, 1.54) is 12.8 Å². The van der Waals surface area contributed by atoms with Gasteiger partial charge >= 0.3 is 11.9 Å². The molecule has 9 nitrogen and oxygen atoms in total. The van der Waals surface area contributed by atoms with Crippen molar-refractivity contribution in [1.29, 1.82) is 0 Å². The second-order valence-electron chi connectivity index (χ2n) is 13.9. The molecule has 10 heteroatoms. The number of likely N-dealkylation sites (N-methyl/N-ethyl adjacent to an activating group) is 1. The number of piperazine rings is 2. The van der Waals surface area contributed by atoms with Gasteiger partial charge in [0.1, 0.15) is 0 Å². The summed E-state index contributed by atoms with van der Waals surface area (Å²) in [6, 6.07) is 8.40. The van der Waals surface area contributed by atoms with E-state index in [4.69, 9.17) is 21.1 Å². The van der Waals surface area contributed by atoms with Gasteiger partial charge in [-0.1, -0.05) is 56.3 Å².